The number of rotatable bonds is 2. The van der Waals surface area contributed by atoms with Gasteiger partial charge in [-0.2, -0.15) is 0 Å². The van der Waals surface area contributed by atoms with Gasteiger partial charge >= 0.3 is 0 Å². The molecule has 2 aliphatic rings. The number of fused-ring (bicyclic) bond motifs is 1. The Balaban J connectivity index is 0.000000219. The maximum absolute atomic E-state index is 14.0. The summed E-state index contributed by atoms with van der Waals surface area (Å²) >= 11 is 0. The molecule has 25 heavy (non-hydrogen) atoms. The maximum atomic E-state index is 14.0. The maximum Gasteiger partial charge on any atom is 0.238 e. The standard InChI is InChI=1S/C13H17FN4.C5H10O2/c1-2-13(5-3-4-6-13)11-7-9(14)10-8-16-12(15)17-18(10)11;6-5-2-1-3-7-4-5/h7-8H,2-6H2,1H3,(H2,15,17);5-6H,1-4H2. The van der Waals surface area contributed by atoms with E-state index >= 15 is 0 Å². The highest BCUT2D eigenvalue weighted by Crippen LogP contribution is 2.44. The third-order valence-electron chi connectivity index (χ3n) is 5.40. The quantitative estimate of drug-likeness (QED) is 0.870. The number of hydrogen-bond acceptors (Lipinski definition) is 5. The van der Waals surface area contributed by atoms with Crippen molar-refractivity contribution in [1.29, 1.82) is 0 Å². The summed E-state index contributed by atoms with van der Waals surface area (Å²) in [5.41, 5.74) is 7.03. The highest BCUT2D eigenvalue weighted by molar-refractivity contribution is 5.50. The van der Waals surface area contributed by atoms with Crippen LogP contribution in [0.5, 0.6) is 0 Å². The molecule has 2 fully saturated rings. The van der Waals surface area contributed by atoms with Gasteiger partial charge in [0.15, 0.2) is 5.82 Å². The fourth-order valence-electron chi connectivity index (χ4n) is 3.91. The van der Waals surface area contributed by atoms with Crippen molar-refractivity contribution in [2.45, 2.75) is 63.4 Å². The van der Waals surface area contributed by atoms with E-state index in [1.165, 1.54) is 19.0 Å². The van der Waals surface area contributed by atoms with Crippen LogP contribution in [0, 0.1) is 5.82 Å². The molecule has 2 aromatic heterocycles. The Hall–Kier alpha value is -1.73. The smallest absolute Gasteiger partial charge is 0.238 e. The van der Waals surface area contributed by atoms with E-state index in [1.54, 1.807) is 10.6 Å². The third kappa shape index (κ3) is 3.77. The van der Waals surface area contributed by atoms with E-state index in [2.05, 4.69) is 17.0 Å². The van der Waals surface area contributed by atoms with E-state index in [0.717, 1.165) is 44.4 Å². The van der Waals surface area contributed by atoms with Gasteiger partial charge < -0.3 is 15.6 Å². The van der Waals surface area contributed by atoms with Crippen molar-refractivity contribution in [2.75, 3.05) is 18.9 Å². The van der Waals surface area contributed by atoms with Crippen LogP contribution in [0.4, 0.5) is 10.3 Å². The van der Waals surface area contributed by atoms with Gasteiger partial charge in [0.25, 0.3) is 0 Å². The first kappa shape index (κ1) is 18.1. The minimum absolute atomic E-state index is 0.0497. The van der Waals surface area contributed by atoms with Crippen LogP contribution in [0.1, 0.15) is 57.6 Å². The molecule has 138 valence electrons. The number of ether oxygens (including phenoxy) is 1. The number of nitrogens with two attached hydrogens (primary N) is 1. The molecule has 1 unspecified atom stereocenters. The van der Waals surface area contributed by atoms with E-state index in [4.69, 9.17) is 15.6 Å². The largest absolute Gasteiger partial charge is 0.391 e. The number of anilines is 1. The molecule has 1 aliphatic carbocycles. The zero-order valence-corrected chi connectivity index (χ0v) is 14.7. The Morgan fingerprint density at radius 1 is 1.40 bits per heavy atom. The Kier molecular flexibility index (Phi) is 5.54. The lowest BCUT2D eigenvalue weighted by Gasteiger charge is -2.26. The molecular formula is C18H27FN4O2. The number of aromatic nitrogens is 3. The van der Waals surface area contributed by atoms with Crippen molar-refractivity contribution in [2.24, 2.45) is 0 Å². The van der Waals surface area contributed by atoms with E-state index in [-0.39, 0.29) is 23.3 Å². The number of halogens is 1. The van der Waals surface area contributed by atoms with Crippen molar-refractivity contribution >= 4 is 11.5 Å². The zero-order chi connectivity index (χ0) is 17.9. The van der Waals surface area contributed by atoms with Gasteiger partial charge in [-0.05, 0) is 38.2 Å². The lowest BCUT2D eigenvalue weighted by molar-refractivity contribution is -0.00535. The summed E-state index contributed by atoms with van der Waals surface area (Å²) in [7, 11) is 0. The van der Waals surface area contributed by atoms with Gasteiger partial charge in [-0.25, -0.2) is 13.9 Å². The van der Waals surface area contributed by atoms with Crippen LogP contribution in [-0.2, 0) is 10.2 Å². The molecule has 0 aromatic carbocycles. The summed E-state index contributed by atoms with van der Waals surface area (Å²) in [6.07, 6.45) is 8.79. The molecule has 1 saturated carbocycles. The Labute approximate surface area is 147 Å². The number of aliphatic hydroxyl groups excluding tert-OH is 1. The van der Waals surface area contributed by atoms with Gasteiger partial charge in [-0.3, -0.25) is 0 Å². The average molecular weight is 350 g/mol. The van der Waals surface area contributed by atoms with Gasteiger partial charge in [-0.1, -0.05) is 19.8 Å². The molecule has 1 atom stereocenters. The molecular weight excluding hydrogens is 323 g/mol. The lowest BCUT2D eigenvalue weighted by Crippen LogP contribution is -2.23. The predicted molar refractivity (Wildman–Crippen MR) is 93.9 cm³/mol. The molecule has 3 heterocycles. The zero-order valence-electron chi connectivity index (χ0n) is 14.7. The Morgan fingerprint density at radius 3 is 2.72 bits per heavy atom. The topological polar surface area (TPSA) is 85.7 Å². The molecule has 2 aromatic rings. The van der Waals surface area contributed by atoms with E-state index in [0.29, 0.717) is 12.1 Å². The number of nitrogen functional groups attached to an aromatic ring is 1. The first-order chi connectivity index (χ1) is 12.1. The third-order valence-corrected chi connectivity index (χ3v) is 5.40. The molecule has 0 radical (unpaired) electrons. The second-order valence-corrected chi connectivity index (χ2v) is 7.00. The SMILES string of the molecule is CCC1(c2cc(F)c3cnc(N)nn23)CCCC1.OC1CCCOC1. The van der Waals surface area contributed by atoms with Crippen LogP contribution in [0.2, 0.25) is 0 Å². The second kappa shape index (κ2) is 7.66. The summed E-state index contributed by atoms with van der Waals surface area (Å²) < 4.78 is 20.5. The van der Waals surface area contributed by atoms with Crippen LogP contribution in [0.3, 0.4) is 0 Å². The van der Waals surface area contributed by atoms with Gasteiger partial charge in [0.05, 0.1) is 24.6 Å². The highest BCUT2D eigenvalue weighted by Gasteiger charge is 2.37. The minimum Gasteiger partial charge on any atom is -0.391 e. The summed E-state index contributed by atoms with van der Waals surface area (Å²) in [5.74, 6) is -0.0756. The van der Waals surface area contributed by atoms with Gasteiger partial charge in [0.2, 0.25) is 5.95 Å². The van der Waals surface area contributed by atoms with Crippen LogP contribution >= 0.6 is 0 Å². The summed E-state index contributed by atoms with van der Waals surface area (Å²) in [4.78, 5) is 3.86. The minimum atomic E-state index is -0.260. The Bertz CT molecular complexity index is 706. The summed E-state index contributed by atoms with van der Waals surface area (Å²) in [6, 6.07) is 1.61. The van der Waals surface area contributed by atoms with Crippen LogP contribution in [0.25, 0.3) is 5.52 Å². The van der Waals surface area contributed by atoms with Crippen molar-refractivity contribution in [3.8, 4) is 0 Å². The summed E-state index contributed by atoms with van der Waals surface area (Å²) in [6.45, 7) is 3.53. The molecule has 0 bridgehead atoms. The van der Waals surface area contributed by atoms with Gasteiger partial charge in [0, 0.05) is 12.0 Å². The molecule has 7 heteroatoms. The van der Waals surface area contributed by atoms with Crippen molar-refractivity contribution < 1.29 is 14.2 Å². The fraction of sp³-hybridized carbons (Fsp3) is 0.667. The molecule has 4 rings (SSSR count). The van der Waals surface area contributed by atoms with Crippen LogP contribution in [-0.4, -0.2) is 39.0 Å². The lowest BCUT2D eigenvalue weighted by atomic mass is 9.80. The van der Waals surface area contributed by atoms with Crippen molar-refractivity contribution in [3.63, 3.8) is 0 Å². The Morgan fingerprint density at radius 2 is 2.16 bits per heavy atom. The fourth-order valence-corrected chi connectivity index (χ4v) is 3.91. The number of hydrogen-bond donors (Lipinski definition) is 2. The van der Waals surface area contributed by atoms with Crippen molar-refractivity contribution in [1.82, 2.24) is 14.6 Å². The monoisotopic (exact) mass is 350 g/mol. The molecule has 3 N–H and O–H groups in total. The van der Waals surface area contributed by atoms with Gasteiger partial charge in [-0.15, -0.1) is 5.10 Å². The number of nitrogens with zero attached hydrogens (tertiary/aromatic N) is 3. The number of aliphatic hydroxyl groups is 1. The first-order valence-corrected chi connectivity index (χ1v) is 9.12. The first-order valence-electron chi connectivity index (χ1n) is 9.12. The van der Waals surface area contributed by atoms with Crippen LogP contribution in [0.15, 0.2) is 12.3 Å². The van der Waals surface area contributed by atoms with E-state index < -0.39 is 0 Å². The predicted octanol–water partition coefficient (Wildman–Crippen LogP) is 2.83. The van der Waals surface area contributed by atoms with Crippen LogP contribution < -0.4 is 5.73 Å². The molecule has 1 saturated heterocycles. The van der Waals surface area contributed by atoms with E-state index in [1.807, 2.05) is 0 Å². The second-order valence-electron chi connectivity index (χ2n) is 7.00. The molecule has 6 nitrogen and oxygen atoms in total. The van der Waals surface area contributed by atoms with E-state index in [9.17, 15) is 4.39 Å². The highest BCUT2D eigenvalue weighted by atomic mass is 19.1. The van der Waals surface area contributed by atoms with Gasteiger partial charge in [0.1, 0.15) is 5.52 Å². The molecule has 0 amide bonds. The normalized spacial score (nSPS) is 22.6. The average Bonchev–Trinajstić information content (AvgIpc) is 3.22. The van der Waals surface area contributed by atoms with Crippen molar-refractivity contribution in [3.05, 3.63) is 23.8 Å². The molecule has 1 aliphatic heterocycles. The molecule has 0 spiro atoms. The summed E-state index contributed by atoms with van der Waals surface area (Å²) in [5, 5.41) is 13.0.